The number of amides is 1. The van der Waals surface area contributed by atoms with E-state index in [9.17, 15) is 13.6 Å². The molecular weight excluding hydrogens is 252 g/mol. The van der Waals surface area contributed by atoms with E-state index in [4.69, 9.17) is 5.84 Å². The lowest BCUT2D eigenvalue weighted by molar-refractivity contribution is 0.102. The molecule has 4 nitrogen and oxygen atoms in total. The van der Waals surface area contributed by atoms with Gasteiger partial charge in [0, 0.05) is 6.07 Å². The molecule has 6 heteroatoms. The second-order valence-corrected chi connectivity index (χ2v) is 3.77. The minimum Gasteiger partial charge on any atom is -0.323 e. The number of nitrogen functional groups attached to an aromatic ring is 1. The number of carbonyl (C=O) groups excluding carboxylic acids is 1. The maximum atomic E-state index is 13.4. The molecule has 0 aliphatic heterocycles. The molecule has 0 fully saturated rings. The van der Waals surface area contributed by atoms with Crippen LogP contribution in [-0.4, -0.2) is 5.91 Å². The summed E-state index contributed by atoms with van der Waals surface area (Å²) < 4.78 is 26.4. The van der Waals surface area contributed by atoms with E-state index in [1.807, 2.05) is 0 Å². The Morgan fingerprint density at radius 3 is 2.53 bits per heavy atom. The molecule has 0 spiro atoms. The van der Waals surface area contributed by atoms with Crippen molar-refractivity contribution >= 4 is 17.3 Å². The van der Waals surface area contributed by atoms with Crippen molar-refractivity contribution in [2.24, 2.45) is 5.84 Å². The van der Waals surface area contributed by atoms with Crippen LogP contribution in [0.2, 0.25) is 0 Å². The van der Waals surface area contributed by atoms with Gasteiger partial charge < -0.3 is 10.7 Å². The molecule has 98 valence electrons. The molecule has 2 rings (SSSR count). The number of hydrazine groups is 1. The van der Waals surface area contributed by atoms with Crippen LogP contribution in [0.15, 0.2) is 42.5 Å². The van der Waals surface area contributed by atoms with Gasteiger partial charge in [0.15, 0.2) is 0 Å². The molecule has 0 unspecified atom stereocenters. The van der Waals surface area contributed by atoms with E-state index in [-0.39, 0.29) is 11.3 Å². The molecule has 4 N–H and O–H groups in total. The zero-order valence-corrected chi connectivity index (χ0v) is 9.78. The van der Waals surface area contributed by atoms with Gasteiger partial charge in [-0.1, -0.05) is 12.1 Å². The average Bonchev–Trinajstić information content (AvgIpc) is 2.42. The number of rotatable bonds is 3. The largest absolute Gasteiger partial charge is 0.323 e. The summed E-state index contributed by atoms with van der Waals surface area (Å²) in [6, 6.07) is 9.26. The van der Waals surface area contributed by atoms with Crippen LogP contribution in [0.3, 0.4) is 0 Å². The maximum absolute atomic E-state index is 13.4. The van der Waals surface area contributed by atoms with Crippen molar-refractivity contribution in [3.8, 4) is 0 Å². The summed E-state index contributed by atoms with van der Waals surface area (Å²) in [6.45, 7) is 0. The van der Waals surface area contributed by atoms with Crippen LogP contribution in [0.5, 0.6) is 0 Å². The fourth-order valence-corrected chi connectivity index (χ4v) is 1.59. The molecule has 0 aliphatic rings. The molecule has 2 aromatic rings. The Kier molecular flexibility index (Phi) is 3.72. The Balaban J connectivity index is 2.28. The molecule has 0 saturated carbocycles. The zero-order chi connectivity index (χ0) is 13.8. The first kappa shape index (κ1) is 13.0. The summed E-state index contributed by atoms with van der Waals surface area (Å²) in [6.07, 6.45) is 0. The van der Waals surface area contributed by atoms with Gasteiger partial charge in [-0.2, -0.15) is 0 Å². The molecular formula is C13H11F2N3O. The van der Waals surface area contributed by atoms with Gasteiger partial charge in [0.2, 0.25) is 0 Å². The molecule has 0 aliphatic carbocycles. The fraction of sp³-hybridized carbons (Fsp3) is 0. The molecule has 2 aromatic carbocycles. The van der Waals surface area contributed by atoms with Crippen molar-refractivity contribution in [2.75, 3.05) is 10.7 Å². The first-order valence-corrected chi connectivity index (χ1v) is 5.44. The van der Waals surface area contributed by atoms with E-state index in [2.05, 4.69) is 10.7 Å². The molecule has 0 radical (unpaired) electrons. The van der Waals surface area contributed by atoms with Gasteiger partial charge in [0.1, 0.15) is 11.6 Å². The third-order valence-corrected chi connectivity index (χ3v) is 2.50. The number of carbonyl (C=O) groups is 1. The van der Waals surface area contributed by atoms with E-state index < -0.39 is 17.5 Å². The van der Waals surface area contributed by atoms with E-state index in [0.717, 1.165) is 18.2 Å². The van der Waals surface area contributed by atoms with Crippen LogP contribution in [0.25, 0.3) is 0 Å². The lowest BCUT2D eigenvalue weighted by Gasteiger charge is -2.10. The van der Waals surface area contributed by atoms with E-state index in [1.165, 1.54) is 6.07 Å². The number of nitrogens with one attached hydrogen (secondary N) is 2. The van der Waals surface area contributed by atoms with Gasteiger partial charge in [-0.25, -0.2) is 8.78 Å². The lowest BCUT2D eigenvalue weighted by atomic mass is 10.1. The predicted molar refractivity (Wildman–Crippen MR) is 68.6 cm³/mol. The van der Waals surface area contributed by atoms with Crippen molar-refractivity contribution < 1.29 is 13.6 Å². The molecule has 0 atom stereocenters. The molecule has 1 amide bonds. The van der Waals surface area contributed by atoms with Gasteiger partial charge in [-0.15, -0.1) is 0 Å². The Morgan fingerprint density at radius 2 is 1.79 bits per heavy atom. The van der Waals surface area contributed by atoms with Crippen molar-refractivity contribution in [3.05, 3.63) is 59.7 Å². The highest BCUT2D eigenvalue weighted by Gasteiger charge is 2.13. The topological polar surface area (TPSA) is 67.1 Å². The molecule has 0 saturated heterocycles. The third-order valence-electron chi connectivity index (χ3n) is 2.50. The smallest absolute Gasteiger partial charge is 0.257 e. The van der Waals surface area contributed by atoms with Crippen molar-refractivity contribution in [1.29, 1.82) is 0 Å². The lowest BCUT2D eigenvalue weighted by Crippen LogP contribution is -2.17. The summed E-state index contributed by atoms with van der Waals surface area (Å²) in [5.74, 6) is 3.33. The summed E-state index contributed by atoms with van der Waals surface area (Å²) in [5.41, 5.74) is 2.75. The number of hydrogen-bond donors (Lipinski definition) is 3. The molecule has 0 heterocycles. The predicted octanol–water partition coefficient (Wildman–Crippen LogP) is 2.50. The highest BCUT2D eigenvalue weighted by molar-refractivity contribution is 6.08. The van der Waals surface area contributed by atoms with Crippen LogP contribution in [0.1, 0.15) is 10.4 Å². The highest BCUT2D eigenvalue weighted by atomic mass is 19.1. The highest BCUT2D eigenvalue weighted by Crippen LogP contribution is 2.19. The zero-order valence-electron chi connectivity index (χ0n) is 9.78. The van der Waals surface area contributed by atoms with Gasteiger partial charge in [0.25, 0.3) is 5.91 Å². The Hall–Kier alpha value is -2.47. The van der Waals surface area contributed by atoms with E-state index in [0.29, 0.717) is 5.69 Å². The normalized spacial score (nSPS) is 10.1. The Labute approximate surface area is 108 Å². The monoisotopic (exact) mass is 263 g/mol. The summed E-state index contributed by atoms with van der Waals surface area (Å²) >= 11 is 0. The second kappa shape index (κ2) is 5.45. The number of halogens is 2. The standard InChI is InChI=1S/C13H11F2N3O/c14-8-5-6-10(15)12(7-8)17-13(19)9-3-1-2-4-11(9)18-16/h1-7,18H,16H2,(H,17,19). The summed E-state index contributed by atoms with van der Waals surface area (Å²) in [4.78, 5) is 12.0. The second-order valence-electron chi connectivity index (χ2n) is 3.77. The minimum absolute atomic E-state index is 0.225. The van der Waals surface area contributed by atoms with Crippen LogP contribution < -0.4 is 16.6 Å². The average molecular weight is 263 g/mol. The molecule has 0 bridgehead atoms. The van der Waals surface area contributed by atoms with E-state index in [1.54, 1.807) is 18.2 Å². The minimum atomic E-state index is -0.715. The number of anilines is 2. The van der Waals surface area contributed by atoms with Crippen molar-refractivity contribution in [2.45, 2.75) is 0 Å². The van der Waals surface area contributed by atoms with Crippen LogP contribution in [0, 0.1) is 11.6 Å². The van der Waals surface area contributed by atoms with Gasteiger partial charge in [0.05, 0.1) is 16.9 Å². The molecule has 19 heavy (non-hydrogen) atoms. The summed E-state index contributed by atoms with van der Waals surface area (Å²) in [7, 11) is 0. The van der Waals surface area contributed by atoms with Crippen LogP contribution in [-0.2, 0) is 0 Å². The van der Waals surface area contributed by atoms with Crippen molar-refractivity contribution in [3.63, 3.8) is 0 Å². The van der Waals surface area contributed by atoms with Gasteiger partial charge >= 0.3 is 0 Å². The number of nitrogens with two attached hydrogens (primary N) is 1. The third kappa shape index (κ3) is 2.86. The summed E-state index contributed by atoms with van der Waals surface area (Å²) in [5, 5.41) is 2.29. The Morgan fingerprint density at radius 1 is 1.05 bits per heavy atom. The molecule has 0 aromatic heterocycles. The van der Waals surface area contributed by atoms with Crippen LogP contribution >= 0.6 is 0 Å². The number of para-hydroxylation sites is 1. The van der Waals surface area contributed by atoms with Crippen molar-refractivity contribution in [1.82, 2.24) is 0 Å². The fourth-order valence-electron chi connectivity index (χ4n) is 1.59. The first-order chi connectivity index (χ1) is 9.11. The van der Waals surface area contributed by atoms with Gasteiger partial charge in [-0.05, 0) is 24.3 Å². The van der Waals surface area contributed by atoms with Crippen LogP contribution in [0.4, 0.5) is 20.2 Å². The first-order valence-electron chi connectivity index (χ1n) is 5.44. The number of hydrogen-bond acceptors (Lipinski definition) is 3. The van der Waals surface area contributed by atoms with Gasteiger partial charge in [-0.3, -0.25) is 10.6 Å². The Bertz CT molecular complexity index is 617. The maximum Gasteiger partial charge on any atom is 0.257 e. The SMILES string of the molecule is NNc1ccccc1C(=O)Nc1cc(F)ccc1F. The quantitative estimate of drug-likeness (QED) is 0.588. The number of benzene rings is 2. The van der Waals surface area contributed by atoms with E-state index >= 15 is 0 Å².